The number of nitrogens with one attached hydrogen (secondary N) is 1. The van der Waals surface area contributed by atoms with Gasteiger partial charge in [-0.2, -0.15) is 0 Å². The molecule has 0 bridgehead atoms. The summed E-state index contributed by atoms with van der Waals surface area (Å²) in [5.41, 5.74) is -0.0192. The van der Waals surface area contributed by atoms with Gasteiger partial charge in [0, 0.05) is 17.7 Å². The number of anilines is 1. The molecule has 0 heterocycles. The van der Waals surface area contributed by atoms with E-state index in [1.54, 1.807) is 6.92 Å². The van der Waals surface area contributed by atoms with E-state index in [1.807, 2.05) is 44.2 Å². The minimum atomic E-state index is -3.99. The number of hydrogen-bond donors (Lipinski definition) is 1. The molecule has 9 nitrogen and oxygen atoms in total. The van der Waals surface area contributed by atoms with Crippen LogP contribution in [0.2, 0.25) is 0 Å². The van der Waals surface area contributed by atoms with Gasteiger partial charge in [0.2, 0.25) is 15.9 Å². The predicted molar refractivity (Wildman–Crippen MR) is 123 cm³/mol. The Balaban J connectivity index is 2.45. The number of carbonyl (C=O) groups is 1. The Morgan fingerprint density at radius 3 is 2.34 bits per heavy atom. The second-order valence-electron chi connectivity index (χ2n) is 8.13. The summed E-state index contributed by atoms with van der Waals surface area (Å²) in [4.78, 5) is 23.9. The molecule has 0 radical (unpaired) electrons. The van der Waals surface area contributed by atoms with E-state index in [4.69, 9.17) is 4.74 Å². The molecule has 10 heteroatoms. The second kappa shape index (κ2) is 9.99. The zero-order chi connectivity index (χ0) is 24.1. The van der Waals surface area contributed by atoms with E-state index in [0.29, 0.717) is 6.42 Å². The lowest BCUT2D eigenvalue weighted by atomic mass is 9.94. The molecule has 1 N–H and O–H groups in total. The molecule has 174 valence electrons. The molecule has 1 amide bonds. The molecule has 0 fully saturated rings. The van der Waals surface area contributed by atoms with Crippen molar-refractivity contribution in [2.75, 3.05) is 17.7 Å². The van der Waals surface area contributed by atoms with Crippen LogP contribution in [0.5, 0.6) is 5.75 Å². The van der Waals surface area contributed by atoms with E-state index in [1.165, 1.54) is 19.2 Å². The van der Waals surface area contributed by atoms with Gasteiger partial charge >= 0.3 is 0 Å². The van der Waals surface area contributed by atoms with E-state index in [-0.39, 0.29) is 23.5 Å². The standard InChI is InChI=1S/C22H29N3O6S/c1-6-18(21(26)23-22(2,3)15-16-10-8-7-9-11-16)24(32(5,29)30)19-14-17(25(27)28)12-13-20(19)31-4/h7-14,18H,6,15H2,1-5H3,(H,23,26)/t18-/m0/s1. The zero-order valence-corrected chi connectivity index (χ0v) is 19.7. The van der Waals surface area contributed by atoms with Crippen LogP contribution in [0.3, 0.4) is 0 Å². The van der Waals surface area contributed by atoms with Crippen molar-refractivity contribution in [3.8, 4) is 5.75 Å². The van der Waals surface area contributed by atoms with E-state index < -0.39 is 32.4 Å². The van der Waals surface area contributed by atoms with E-state index in [2.05, 4.69) is 5.32 Å². The summed E-state index contributed by atoms with van der Waals surface area (Å²) in [6.07, 6.45) is 1.64. The summed E-state index contributed by atoms with van der Waals surface area (Å²) in [6, 6.07) is 12.1. The Bertz CT molecular complexity index is 1070. The molecule has 0 spiro atoms. The number of nitro benzene ring substituents is 1. The SMILES string of the molecule is CC[C@@H](C(=O)NC(C)(C)Cc1ccccc1)N(c1cc([N+](=O)[O-])ccc1OC)S(C)(=O)=O. The Morgan fingerprint density at radius 1 is 1.22 bits per heavy atom. The van der Waals surface area contributed by atoms with Gasteiger partial charge in [0.25, 0.3) is 5.69 Å². The number of sulfonamides is 1. The van der Waals surface area contributed by atoms with E-state index in [9.17, 15) is 23.3 Å². The van der Waals surface area contributed by atoms with Crippen molar-refractivity contribution in [1.29, 1.82) is 0 Å². The van der Waals surface area contributed by atoms with Crippen LogP contribution in [0, 0.1) is 10.1 Å². The minimum Gasteiger partial charge on any atom is -0.495 e. The fourth-order valence-electron chi connectivity index (χ4n) is 3.57. The third kappa shape index (κ3) is 6.19. The van der Waals surface area contributed by atoms with Gasteiger partial charge in [-0.3, -0.25) is 19.2 Å². The lowest BCUT2D eigenvalue weighted by Crippen LogP contribution is -2.55. The maximum Gasteiger partial charge on any atom is 0.271 e. The number of amides is 1. The molecular formula is C22H29N3O6S. The maximum absolute atomic E-state index is 13.3. The van der Waals surface area contributed by atoms with Crippen LogP contribution in [-0.4, -0.2) is 44.2 Å². The fourth-order valence-corrected chi connectivity index (χ4v) is 4.77. The Morgan fingerprint density at radius 2 is 1.84 bits per heavy atom. The van der Waals surface area contributed by atoms with Crippen LogP contribution in [0.4, 0.5) is 11.4 Å². The van der Waals surface area contributed by atoms with Crippen molar-refractivity contribution in [3.63, 3.8) is 0 Å². The molecular weight excluding hydrogens is 434 g/mol. The summed E-state index contributed by atoms with van der Waals surface area (Å²) in [5, 5.41) is 14.2. The predicted octanol–water partition coefficient (Wildman–Crippen LogP) is 3.29. The summed E-state index contributed by atoms with van der Waals surface area (Å²) < 4.78 is 31.7. The van der Waals surface area contributed by atoms with Gasteiger partial charge in [0.05, 0.1) is 18.3 Å². The van der Waals surface area contributed by atoms with Crippen LogP contribution in [0.25, 0.3) is 0 Å². The average Bonchev–Trinajstić information content (AvgIpc) is 2.70. The first-order chi connectivity index (χ1) is 14.9. The summed E-state index contributed by atoms with van der Waals surface area (Å²) in [7, 11) is -2.67. The maximum atomic E-state index is 13.3. The molecule has 2 aromatic rings. The monoisotopic (exact) mass is 463 g/mol. The van der Waals surface area contributed by atoms with Gasteiger partial charge in [0.15, 0.2) is 0 Å². The minimum absolute atomic E-state index is 0.0629. The van der Waals surface area contributed by atoms with Crippen molar-refractivity contribution >= 4 is 27.3 Å². The molecule has 2 rings (SSSR count). The number of non-ortho nitro benzene ring substituents is 1. The summed E-state index contributed by atoms with van der Waals surface area (Å²) >= 11 is 0. The number of nitrogens with zero attached hydrogens (tertiary/aromatic N) is 2. The summed E-state index contributed by atoms with van der Waals surface area (Å²) in [5.74, 6) is -0.400. The first-order valence-electron chi connectivity index (χ1n) is 10.1. The lowest BCUT2D eigenvalue weighted by molar-refractivity contribution is -0.384. The van der Waals surface area contributed by atoms with Gasteiger partial charge in [-0.25, -0.2) is 8.42 Å². The first kappa shape index (κ1) is 25.1. The van der Waals surface area contributed by atoms with Crippen LogP contribution in [0.15, 0.2) is 48.5 Å². The Kier molecular flexibility index (Phi) is 7.84. The van der Waals surface area contributed by atoms with Crippen molar-refractivity contribution in [2.24, 2.45) is 0 Å². The number of hydrogen-bond acceptors (Lipinski definition) is 6. The van der Waals surface area contributed by atoms with Crippen molar-refractivity contribution in [3.05, 3.63) is 64.2 Å². The van der Waals surface area contributed by atoms with Crippen LogP contribution >= 0.6 is 0 Å². The number of carbonyl (C=O) groups excluding carboxylic acids is 1. The van der Waals surface area contributed by atoms with Crippen LogP contribution < -0.4 is 14.4 Å². The van der Waals surface area contributed by atoms with Crippen molar-refractivity contribution in [2.45, 2.75) is 45.2 Å². The lowest BCUT2D eigenvalue weighted by Gasteiger charge is -2.34. The van der Waals surface area contributed by atoms with Crippen molar-refractivity contribution < 1.29 is 22.9 Å². The number of methoxy groups -OCH3 is 1. The normalized spacial score (nSPS) is 12.7. The van der Waals surface area contributed by atoms with Gasteiger partial charge in [0.1, 0.15) is 17.5 Å². The number of ether oxygens (including phenoxy) is 1. The average molecular weight is 464 g/mol. The molecule has 0 aliphatic carbocycles. The van der Waals surface area contributed by atoms with Gasteiger partial charge in [-0.15, -0.1) is 0 Å². The summed E-state index contributed by atoms with van der Waals surface area (Å²) in [6.45, 7) is 5.38. The highest BCUT2D eigenvalue weighted by molar-refractivity contribution is 7.92. The number of nitro groups is 1. The highest BCUT2D eigenvalue weighted by atomic mass is 32.2. The molecule has 0 unspecified atom stereocenters. The fraction of sp³-hybridized carbons (Fsp3) is 0.409. The third-order valence-electron chi connectivity index (χ3n) is 4.89. The molecule has 0 saturated carbocycles. The molecule has 0 aliphatic rings. The van der Waals surface area contributed by atoms with Crippen LogP contribution in [0.1, 0.15) is 32.8 Å². The smallest absolute Gasteiger partial charge is 0.271 e. The van der Waals surface area contributed by atoms with Gasteiger partial charge in [-0.1, -0.05) is 37.3 Å². The highest BCUT2D eigenvalue weighted by Crippen LogP contribution is 2.35. The zero-order valence-electron chi connectivity index (χ0n) is 18.9. The van der Waals surface area contributed by atoms with E-state index in [0.717, 1.165) is 22.2 Å². The van der Waals surface area contributed by atoms with Gasteiger partial charge in [-0.05, 0) is 38.3 Å². The van der Waals surface area contributed by atoms with E-state index >= 15 is 0 Å². The van der Waals surface area contributed by atoms with Gasteiger partial charge < -0.3 is 10.1 Å². The largest absolute Gasteiger partial charge is 0.495 e. The Hall–Kier alpha value is -3.14. The van der Waals surface area contributed by atoms with Crippen molar-refractivity contribution in [1.82, 2.24) is 5.32 Å². The van der Waals surface area contributed by atoms with Crippen LogP contribution in [-0.2, 0) is 21.2 Å². The molecule has 0 aromatic heterocycles. The number of rotatable bonds is 10. The molecule has 0 aliphatic heterocycles. The molecule has 0 saturated heterocycles. The number of benzene rings is 2. The quantitative estimate of drug-likeness (QED) is 0.427. The first-order valence-corrected chi connectivity index (χ1v) is 11.9. The molecule has 2 aromatic carbocycles. The Labute approximate surface area is 188 Å². The molecule has 32 heavy (non-hydrogen) atoms. The molecule has 1 atom stereocenters. The second-order valence-corrected chi connectivity index (χ2v) is 9.99. The topological polar surface area (TPSA) is 119 Å². The highest BCUT2D eigenvalue weighted by Gasteiger charge is 2.36. The third-order valence-corrected chi connectivity index (χ3v) is 6.06.